The third-order valence-corrected chi connectivity index (χ3v) is 7.23. The molecule has 3 nitrogen and oxygen atoms in total. The first kappa shape index (κ1) is 19.6. The number of thioether (sulfide) groups is 1. The number of hydrogen-bond acceptors (Lipinski definition) is 4. The van der Waals surface area contributed by atoms with E-state index in [4.69, 9.17) is 16.6 Å². The molecule has 146 valence electrons. The molecule has 1 aliphatic rings. The van der Waals surface area contributed by atoms with Crippen LogP contribution >= 0.6 is 34.7 Å². The molecule has 3 aromatic rings. The minimum absolute atomic E-state index is 0.0178. The van der Waals surface area contributed by atoms with Crippen LogP contribution in [0.4, 0.5) is 8.78 Å². The fourth-order valence-corrected chi connectivity index (χ4v) is 5.38. The van der Waals surface area contributed by atoms with E-state index in [1.165, 1.54) is 17.8 Å². The summed E-state index contributed by atoms with van der Waals surface area (Å²) in [6, 6.07) is 9.44. The molecular formula is C20H17ClF2N2OS2. The first-order chi connectivity index (χ1) is 13.5. The second kappa shape index (κ2) is 8.35. The third kappa shape index (κ3) is 4.31. The summed E-state index contributed by atoms with van der Waals surface area (Å²) in [5.41, 5.74) is 0.925. The van der Waals surface area contributed by atoms with Crippen molar-refractivity contribution < 1.29 is 13.6 Å². The van der Waals surface area contributed by atoms with Gasteiger partial charge in [-0.3, -0.25) is 4.79 Å². The fourth-order valence-electron chi connectivity index (χ4n) is 3.27. The minimum Gasteiger partial charge on any atom is -0.342 e. The van der Waals surface area contributed by atoms with E-state index in [2.05, 4.69) is 0 Å². The molecule has 2 heterocycles. The molecule has 1 aromatic heterocycles. The molecule has 0 atom stereocenters. The van der Waals surface area contributed by atoms with Crippen LogP contribution in [0.1, 0.15) is 23.8 Å². The van der Waals surface area contributed by atoms with Gasteiger partial charge in [-0.15, -0.1) is 23.1 Å². The second-order valence-corrected chi connectivity index (χ2v) is 9.23. The van der Waals surface area contributed by atoms with E-state index in [9.17, 15) is 13.6 Å². The summed E-state index contributed by atoms with van der Waals surface area (Å²) in [4.78, 5) is 19.6. The topological polar surface area (TPSA) is 33.2 Å². The Balaban J connectivity index is 1.32. The molecule has 1 saturated heterocycles. The largest absolute Gasteiger partial charge is 0.342 e. The Morgan fingerprint density at radius 1 is 1.18 bits per heavy atom. The Morgan fingerprint density at radius 2 is 1.96 bits per heavy atom. The molecule has 0 bridgehead atoms. The van der Waals surface area contributed by atoms with Crippen LogP contribution in [0.2, 0.25) is 5.02 Å². The SMILES string of the molecule is O=C(CSc1ccc(F)c(F)c1)N1CCC(c2nc3cc(Cl)ccc3s2)CC1. The van der Waals surface area contributed by atoms with Gasteiger partial charge in [0.2, 0.25) is 5.91 Å². The van der Waals surface area contributed by atoms with E-state index in [-0.39, 0.29) is 11.7 Å². The lowest BCUT2D eigenvalue weighted by Gasteiger charge is -2.31. The van der Waals surface area contributed by atoms with Crippen molar-refractivity contribution in [3.8, 4) is 0 Å². The van der Waals surface area contributed by atoms with Crippen molar-refractivity contribution in [1.82, 2.24) is 9.88 Å². The number of fused-ring (bicyclic) bond motifs is 1. The lowest BCUT2D eigenvalue weighted by molar-refractivity contribution is -0.129. The Hall–Kier alpha value is -1.70. The maximum absolute atomic E-state index is 13.3. The highest BCUT2D eigenvalue weighted by Crippen LogP contribution is 2.35. The van der Waals surface area contributed by atoms with Gasteiger partial charge in [-0.1, -0.05) is 11.6 Å². The number of rotatable bonds is 4. The van der Waals surface area contributed by atoms with Crippen LogP contribution in [0, 0.1) is 11.6 Å². The molecule has 0 aliphatic carbocycles. The van der Waals surface area contributed by atoms with Gasteiger partial charge in [-0.2, -0.15) is 0 Å². The second-order valence-electron chi connectivity index (χ2n) is 6.68. The van der Waals surface area contributed by atoms with Crippen LogP contribution in [0.25, 0.3) is 10.2 Å². The number of nitrogens with zero attached hydrogens (tertiary/aromatic N) is 2. The Bertz CT molecular complexity index is 1020. The van der Waals surface area contributed by atoms with Gasteiger partial charge in [-0.25, -0.2) is 13.8 Å². The number of halogens is 3. The van der Waals surface area contributed by atoms with E-state index in [1.54, 1.807) is 11.3 Å². The van der Waals surface area contributed by atoms with Crippen molar-refractivity contribution in [2.75, 3.05) is 18.8 Å². The fraction of sp³-hybridized carbons (Fsp3) is 0.300. The van der Waals surface area contributed by atoms with Crippen molar-refractivity contribution in [3.05, 3.63) is 58.1 Å². The van der Waals surface area contributed by atoms with Crippen LogP contribution in [0.5, 0.6) is 0 Å². The molecule has 1 aliphatic heterocycles. The number of benzene rings is 2. The zero-order valence-corrected chi connectivity index (χ0v) is 17.2. The quantitative estimate of drug-likeness (QED) is 0.488. The number of hydrogen-bond donors (Lipinski definition) is 0. The van der Waals surface area contributed by atoms with Gasteiger partial charge >= 0.3 is 0 Å². The molecule has 0 N–H and O–H groups in total. The van der Waals surface area contributed by atoms with Crippen molar-refractivity contribution in [1.29, 1.82) is 0 Å². The van der Waals surface area contributed by atoms with Crippen molar-refractivity contribution in [2.24, 2.45) is 0 Å². The van der Waals surface area contributed by atoms with E-state index in [0.29, 0.717) is 28.9 Å². The van der Waals surface area contributed by atoms with Gasteiger partial charge in [0.05, 0.1) is 21.0 Å². The average molecular weight is 439 g/mol. The molecule has 1 amide bonds. The lowest BCUT2D eigenvalue weighted by Crippen LogP contribution is -2.38. The van der Waals surface area contributed by atoms with Gasteiger partial charge in [-0.05, 0) is 49.2 Å². The van der Waals surface area contributed by atoms with E-state index < -0.39 is 11.6 Å². The Kier molecular flexibility index (Phi) is 5.85. The number of likely N-dealkylation sites (tertiary alicyclic amines) is 1. The van der Waals surface area contributed by atoms with Gasteiger partial charge in [0, 0.05) is 28.9 Å². The van der Waals surface area contributed by atoms with Crippen LogP contribution in [0.3, 0.4) is 0 Å². The van der Waals surface area contributed by atoms with Gasteiger partial charge < -0.3 is 4.90 Å². The van der Waals surface area contributed by atoms with E-state index in [0.717, 1.165) is 40.2 Å². The van der Waals surface area contributed by atoms with Gasteiger partial charge in [0.25, 0.3) is 0 Å². The molecule has 8 heteroatoms. The van der Waals surface area contributed by atoms with E-state index >= 15 is 0 Å². The van der Waals surface area contributed by atoms with Crippen LogP contribution < -0.4 is 0 Å². The smallest absolute Gasteiger partial charge is 0.232 e. The molecule has 0 spiro atoms. The summed E-state index contributed by atoms with van der Waals surface area (Å²) in [5.74, 6) is -1.19. The first-order valence-corrected chi connectivity index (χ1v) is 11.1. The summed E-state index contributed by atoms with van der Waals surface area (Å²) in [5, 5.41) is 1.78. The van der Waals surface area contributed by atoms with Crippen LogP contribution in [0.15, 0.2) is 41.3 Å². The third-order valence-electron chi connectivity index (χ3n) is 4.82. The molecule has 28 heavy (non-hydrogen) atoms. The summed E-state index contributed by atoms with van der Waals surface area (Å²) in [6.45, 7) is 1.36. The summed E-state index contributed by atoms with van der Waals surface area (Å²) in [6.07, 6.45) is 1.74. The predicted molar refractivity (Wildman–Crippen MR) is 110 cm³/mol. The average Bonchev–Trinajstić information content (AvgIpc) is 3.12. The van der Waals surface area contributed by atoms with Crippen LogP contribution in [-0.4, -0.2) is 34.6 Å². The van der Waals surface area contributed by atoms with Crippen LogP contribution in [-0.2, 0) is 4.79 Å². The van der Waals surface area contributed by atoms with E-state index in [1.807, 2.05) is 23.1 Å². The Labute approximate surface area is 174 Å². The number of carbonyl (C=O) groups excluding carboxylic acids is 1. The maximum atomic E-state index is 13.3. The predicted octanol–water partition coefficient (Wildman–Crippen LogP) is 5.73. The van der Waals surface area contributed by atoms with Crippen molar-refractivity contribution >= 4 is 50.8 Å². The highest BCUT2D eigenvalue weighted by atomic mass is 35.5. The van der Waals surface area contributed by atoms with Crippen molar-refractivity contribution in [3.63, 3.8) is 0 Å². The molecule has 0 radical (unpaired) electrons. The molecule has 2 aromatic carbocycles. The van der Waals surface area contributed by atoms with Gasteiger partial charge in [0.1, 0.15) is 0 Å². The zero-order chi connectivity index (χ0) is 19.7. The monoisotopic (exact) mass is 438 g/mol. The normalized spacial score (nSPS) is 15.3. The first-order valence-electron chi connectivity index (χ1n) is 8.91. The highest BCUT2D eigenvalue weighted by molar-refractivity contribution is 8.00. The number of amides is 1. The lowest BCUT2D eigenvalue weighted by atomic mass is 9.97. The number of carbonyl (C=O) groups is 1. The summed E-state index contributed by atoms with van der Waals surface area (Å²) >= 11 is 8.95. The number of thiazole rings is 1. The minimum atomic E-state index is -0.893. The number of aromatic nitrogens is 1. The standard InChI is InChI=1S/C20H17ClF2N2OS2/c21-13-1-4-18-17(9-13)24-20(28-18)12-5-7-25(8-6-12)19(26)11-27-14-2-3-15(22)16(23)10-14/h1-4,9-10,12H,5-8,11H2. The summed E-state index contributed by atoms with van der Waals surface area (Å²) < 4.78 is 27.4. The highest BCUT2D eigenvalue weighted by Gasteiger charge is 2.26. The van der Waals surface area contributed by atoms with Crippen molar-refractivity contribution in [2.45, 2.75) is 23.7 Å². The molecule has 4 rings (SSSR count). The molecule has 0 unspecified atom stereocenters. The van der Waals surface area contributed by atoms with Gasteiger partial charge in [0.15, 0.2) is 11.6 Å². The maximum Gasteiger partial charge on any atom is 0.232 e. The summed E-state index contributed by atoms with van der Waals surface area (Å²) in [7, 11) is 0. The zero-order valence-electron chi connectivity index (χ0n) is 14.8. The molecule has 1 fully saturated rings. The number of piperidine rings is 1. The molecular weight excluding hydrogens is 422 g/mol. The Morgan fingerprint density at radius 3 is 2.71 bits per heavy atom. The molecule has 0 saturated carbocycles.